The number of ether oxygens (including phenoxy) is 1. The van der Waals surface area contributed by atoms with Gasteiger partial charge >= 0.3 is 0 Å². The number of hydrogen-bond donors (Lipinski definition) is 2. The highest BCUT2D eigenvalue weighted by atomic mass is 16.5. The highest BCUT2D eigenvalue weighted by Crippen LogP contribution is 2.34. The number of nitrogens with zero attached hydrogens (tertiary/aromatic N) is 2. The van der Waals surface area contributed by atoms with Crippen LogP contribution in [-0.2, 0) is 0 Å². The van der Waals surface area contributed by atoms with Crippen molar-refractivity contribution in [2.45, 2.75) is 33.1 Å². The molecule has 1 aromatic rings. The maximum absolute atomic E-state index is 8.99. The lowest BCUT2D eigenvalue weighted by Crippen LogP contribution is -2.28. The number of rotatable bonds is 3. The van der Waals surface area contributed by atoms with E-state index in [4.69, 9.17) is 15.7 Å². The fourth-order valence-electron chi connectivity index (χ4n) is 2.83. The molecule has 1 heterocycles. The molecule has 5 heteroatoms. The number of amidine groups is 1. The third-order valence-corrected chi connectivity index (χ3v) is 4.27. The minimum absolute atomic E-state index is 0.135. The molecule has 0 bridgehead atoms. The molecule has 0 unspecified atom stereocenters. The molecule has 116 valence electrons. The summed E-state index contributed by atoms with van der Waals surface area (Å²) in [7, 11) is 1.65. The lowest BCUT2D eigenvalue weighted by Gasteiger charge is -2.27. The van der Waals surface area contributed by atoms with Crippen LogP contribution in [0.4, 0.5) is 5.69 Å². The Morgan fingerprint density at radius 3 is 2.76 bits per heavy atom. The van der Waals surface area contributed by atoms with Crippen molar-refractivity contribution in [2.24, 2.45) is 16.3 Å². The number of benzene rings is 1. The van der Waals surface area contributed by atoms with Crippen molar-refractivity contribution in [3.8, 4) is 5.75 Å². The molecule has 0 radical (unpaired) electrons. The Kier molecular flexibility index (Phi) is 4.60. The molecule has 21 heavy (non-hydrogen) atoms. The maximum atomic E-state index is 8.99. The van der Waals surface area contributed by atoms with Gasteiger partial charge in [-0.2, -0.15) is 0 Å². The van der Waals surface area contributed by atoms with Crippen LogP contribution in [0.2, 0.25) is 0 Å². The van der Waals surface area contributed by atoms with E-state index < -0.39 is 0 Å². The standard InChI is InChI=1S/C16H25N3O2/c1-16(2)7-4-9-19(10-8-16)14-11-12(21-3)5-6-13(14)15(17)18-20/h5-6,11,20H,4,7-10H2,1-3H3,(H2,17,18). The van der Waals surface area contributed by atoms with Gasteiger partial charge in [0.05, 0.1) is 12.8 Å². The van der Waals surface area contributed by atoms with Crippen LogP contribution >= 0.6 is 0 Å². The molecular weight excluding hydrogens is 266 g/mol. The van der Waals surface area contributed by atoms with Gasteiger partial charge in [0.2, 0.25) is 0 Å². The minimum atomic E-state index is 0.135. The van der Waals surface area contributed by atoms with E-state index in [1.807, 2.05) is 18.2 Å². The largest absolute Gasteiger partial charge is 0.497 e. The zero-order chi connectivity index (χ0) is 15.5. The van der Waals surface area contributed by atoms with E-state index >= 15 is 0 Å². The van der Waals surface area contributed by atoms with Gasteiger partial charge in [-0.05, 0) is 36.8 Å². The van der Waals surface area contributed by atoms with Crippen LogP contribution in [0, 0.1) is 5.41 Å². The quantitative estimate of drug-likeness (QED) is 0.389. The first-order valence-corrected chi connectivity index (χ1v) is 7.38. The molecule has 1 aliphatic rings. The van der Waals surface area contributed by atoms with Crippen molar-refractivity contribution in [3.05, 3.63) is 23.8 Å². The predicted molar refractivity (Wildman–Crippen MR) is 85.3 cm³/mol. The topological polar surface area (TPSA) is 71.1 Å². The summed E-state index contributed by atoms with van der Waals surface area (Å²) in [5, 5.41) is 12.1. The molecule has 0 atom stereocenters. The van der Waals surface area contributed by atoms with Gasteiger partial charge in [0, 0.05) is 24.7 Å². The van der Waals surface area contributed by atoms with E-state index in [-0.39, 0.29) is 5.84 Å². The van der Waals surface area contributed by atoms with Crippen molar-refractivity contribution in [1.29, 1.82) is 0 Å². The van der Waals surface area contributed by atoms with Crippen LogP contribution in [-0.4, -0.2) is 31.2 Å². The van der Waals surface area contributed by atoms with Gasteiger partial charge in [-0.1, -0.05) is 19.0 Å². The van der Waals surface area contributed by atoms with Crippen molar-refractivity contribution in [3.63, 3.8) is 0 Å². The molecule has 0 amide bonds. The molecule has 0 aromatic heterocycles. The first-order chi connectivity index (χ1) is 9.96. The summed E-state index contributed by atoms with van der Waals surface area (Å²) in [5.74, 6) is 0.916. The summed E-state index contributed by atoms with van der Waals surface area (Å²) in [6, 6.07) is 5.64. The lowest BCUT2D eigenvalue weighted by molar-refractivity contribution is 0.318. The van der Waals surface area contributed by atoms with Crippen LogP contribution in [0.15, 0.2) is 23.4 Å². The third-order valence-electron chi connectivity index (χ3n) is 4.27. The molecule has 2 rings (SSSR count). The van der Waals surface area contributed by atoms with E-state index in [0.29, 0.717) is 5.41 Å². The van der Waals surface area contributed by atoms with Gasteiger partial charge in [-0.25, -0.2) is 0 Å². The average molecular weight is 291 g/mol. The van der Waals surface area contributed by atoms with Crippen LogP contribution in [0.1, 0.15) is 38.7 Å². The average Bonchev–Trinajstić information content (AvgIpc) is 2.66. The molecule has 0 spiro atoms. The number of nitrogens with two attached hydrogens (primary N) is 1. The minimum Gasteiger partial charge on any atom is -0.497 e. The van der Waals surface area contributed by atoms with Gasteiger partial charge in [0.15, 0.2) is 5.84 Å². The number of oxime groups is 1. The van der Waals surface area contributed by atoms with Crippen LogP contribution < -0.4 is 15.4 Å². The Hall–Kier alpha value is -1.91. The molecular formula is C16H25N3O2. The molecule has 0 saturated carbocycles. The maximum Gasteiger partial charge on any atom is 0.172 e. The second-order valence-corrected chi connectivity index (χ2v) is 6.37. The normalized spacial score (nSPS) is 19.2. The fourth-order valence-corrected chi connectivity index (χ4v) is 2.83. The first-order valence-electron chi connectivity index (χ1n) is 7.38. The van der Waals surface area contributed by atoms with E-state index in [1.165, 1.54) is 6.42 Å². The Morgan fingerprint density at radius 2 is 2.10 bits per heavy atom. The fraction of sp³-hybridized carbons (Fsp3) is 0.562. The Labute approximate surface area is 126 Å². The van der Waals surface area contributed by atoms with Gasteiger partial charge < -0.3 is 20.6 Å². The van der Waals surface area contributed by atoms with E-state index in [2.05, 4.69) is 23.9 Å². The third kappa shape index (κ3) is 3.60. The summed E-state index contributed by atoms with van der Waals surface area (Å²) in [6.07, 6.45) is 3.48. The van der Waals surface area contributed by atoms with E-state index in [0.717, 1.165) is 42.9 Å². The molecule has 1 fully saturated rings. The molecule has 0 aliphatic carbocycles. The smallest absolute Gasteiger partial charge is 0.172 e. The highest BCUT2D eigenvalue weighted by molar-refractivity contribution is 6.02. The van der Waals surface area contributed by atoms with E-state index in [9.17, 15) is 0 Å². The summed E-state index contributed by atoms with van der Waals surface area (Å²) < 4.78 is 5.32. The van der Waals surface area contributed by atoms with Crippen LogP contribution in [0.3, 0.4) is 0 Å². The van der Waals surface area contributed by atoms with Gasteiger partial charge in [0.1, 0.15) is 5.75 Å². The zero-order valence-corrected chi connectivity index (χ0v) is 13.1. The summed E-state index contributed by atoms with van der Waals surface area (Å²) in [6.45, 7) is 6.56. The molecule has 5 nitrogen and oxygen atoms in total. The monoisotopic (exact) mass is 291 g/mol. The molecule has 1 aliphatic heterocycles. The number of methoxy groups -OCH3 is 1. The van der Waals surface area contributed by atoms with Crippen LogP contribution in [0.5, 0.6) is 5.75 Å². The van der Waals surface area contributed by atoms with Crippen molar-refractivity contribution < 1.29 is 9.94 Å². The summed E-state index contributed by atoms with van der Waals surface area (Å²) >= 11 is 0. The van der Waals surface area contributed by atoms with Gasteiger partial charge in [0.25, 0.3) is 0 Å². The molecule has 1 saturated heterocycles. The van der Waals surface area contributed by atoms with Crippen molar-refractivity contribution >= 4 is 11.5 Å². The van der Waals surface area contributed by atoms with Gasteiger partial charge in [-0.15, -0.1) is 0 Å². The van der Waals surface area contributed by atoms with E-state index in [1.54, 1.807) is 7.11 Å². The Balaban J connectivity index is 2.36. The molecule has 3 N–H and O–H groups in total. The Bertz CT molecular complexity index is 526. The Morgan fingerprint density at radius 1 is 1.33 bits per heavy atom. The summed E-state index contributed by atoms with van der Waals surface area (Å²) in [4.78, 5) is 2.31. The second-order valence-electron chi connectivity index (χ2n) is 6.37. The lowest BCUT2D eigenvalue weighted by atomic mass is 9.85. The number of hydrogen-bond acceptors (Lipinski definition) is 4. The van der Waals surface area contributed by atoms with Crippen LogP contribution in [0.25, 0.3) is 0 Å². The predicted octanol–water partition coefficient (Wildman–Crippen LogP) is 2.81. The first kappa shape index (κ1) is 15.5. The van der Waals surface area contributed by atoms with Gasteiger partial charge in [-0.3, -0.25) is 0 Å². The molecule has 1 aromatic carbocycles. The zero-order valence-electron chi connectivity index (χ0n) is 13.1. The summed E-state index contributed by atoms with van der Waals surface area (Å²) in [5.41, 5.74) is 7.91. The second kappa shape index (κ2) is 6.24. The number of anilines is 1. The SMILES string of the molecule is COc1ccc(/C(N)=N/O)c(N2CCCC(C)(C)CC2)c1. The highest BCUT2D eigenvalue weighted by Gasteiger charge is 2.25. The van der Waals surface area contributed by atoms with Crippen molar-refractivity contribution in [1.82, 2.24) is 0 Å². The van der Waals surface area contributed by atoms with Crippen molar-refractivity contribution in [2.75, 3.05) is 25.1 Å².